The highest BCUT2D eigenvalue weighted by atomic mass is 32.1. The number of benzene rings is 1. The van der Waals surface area contributed by atoms with Crippen molar-refractivity contribution in [2.75, 3.05) is 0 Å². The lowest BCUT2D eigenvalue weighted by Crippen LogP contribution is -1.82. The van der Waals surface area contributed by atoms with E-state index in [9.17, 15) is 0 Å². The Hall–Kier alpha value is -1.68. The number of aryl methyl sites for hydroxylation is 1. The van der Waals surface area contributed by atoms with Crippen LogP contribution in [0.3, 0.4) is 0 Å². The highest BCUT2D eigenvalue weighted by molar-refractivity contribution is 7.16. The fourth-order valence-electron chi connectivity index (χ4n) is 1.69. The van der Waals surface area contributed by atoms with E-state index in [1.807, 2.05) is 11.7 Å². The lowest BCUT2D eigenvalue weighted by atomic mass is 10.2. The molecule has 0 atom stereocenters. The Balaban J connectivity index is 2.10. The van der Waals surface area contributed by atoms with E-state index >= 15 is 0 Å². The van der Waals surface area contributed by atoms with E-state index in [4.69, 9.17) is 0 Å². The van der Waals surface area contributed by atoms with Gasteiger partial charge in [-0.05, 0) is 24.6 Å². The molecule has 3 aromatic rings. The Kier molecular flexibility index (Phi) is 2.22. The first-order valence-electron chi connectivity index (χ1n) is 5.24. The molecule has 1 N–H and O–H groups in total. The van der Waals surface area contributed by atoms with E-state index < -0.39 is 0 Å². The minimum Gasteiger partial charge on any atom is -0.342 e. The van der Waals surface area contributed by atoms with Crippen molar-refractivity contribution in [2.24, 2.45) is 0 Å². The number of H-pyrrole nitrogens is 1. The summed E-state index contributed by atoms with van der Waals surface area (Å²) in [6.45, 7) is 2.11. The summed E-state index contributed by atoms with van der Waals surface area (Å²) in [4.78, 5) is 12.0. The van der Waals surface area contributed by atoms with E-state index in [1.54, 1.807) is 11.3 Å². The third-order valence-electron chi connectivity index (χ3n) is 2.61. The zero-order chi connectivity index (χ0) is 11.0. The monoisotopic (exact) mass is 229 g/mol. The third-order valence-corrected chi connectivity index (χ3v) is 3.42. The van der Waals surface area contributed by atoms with Crippen molar-refractivity contribution in [2.45, 2.75) is 13.3 Å². The minimum absolute atomic E-state index is 0.923. The highest BCUT2D eigenvalue weighted by Crippen LogP contribution is 2.23. The standard InChI is InChI=1S/C12H11N3S/c1-2-9-6-13-12(15-9)8-3-4-11-10(5-8)14-7-16-11/h3-7H,2H2,1H3,(H,13,15). The molecule has 0 unspecified atom stereocenters. The SMILES string of the molecule is CCc1cnc(-c2ccc3scnc3c2)[nH]1. The van der Waals surface area contributed by atoms with Crippen LogP contribution in [0.2, 0.25) is 0 Å². The number of fused-ring (bicyclic) bond motifs is 1. The van der Waals surface area contributed by atoms with Gasteiger partial charge in [0.2, 0.25) is 0 Å². The summed E-state index contributed by atoms with van der Waals surface area (Å²) in [6, 6.07) is 6.25. The van der Waals surface area contributed by atoms with Crippen molar-refractivity contribution in [3.8, 4) is 11.4 Å². The maximum absolute atomic E-state index is 4.37. The van der Waals surface area contributed by atoms with E-state index in [2.05, 4.69) is 40.1 Å². The molecule has 80 valence electrons. The molecular weight excluding hydrogens is 218 g/mol. The van der Waals surface area contributed by atoms with Gasteiger partial charge in [0.25, 0.3) is 0 Å². The van der Waals surface area contributed by atoms with E-state index in [0.717, 1.165) is 29.0 Å². The summed E-state index contributed by atoms with van der Waals surface area (Å²) in [6.07, 6.45) is 2.87. The summed E-state index contributed by atoms with van der Waals surface area (Å²) < 4.78 is 1.21. The van der Waals surface area contributed by atoms with Gasteiger partial charge < -0.3 is 4.98 Å². The number of aromatic amines is 1. The van der Waals surface area contributed by atoms with Crippen molar-refractivity contribution in [3.05, 3.63) is 35.6 Å². The van der Waals surface area contributed by atoms with Crippen LogP contribution >= 0.6 is 11.3 Å². The van der Waals surface area contributed by atoms with Crippen molar-refractivity contribution < 1.29 is 0 Å². The van der Waals surface area contributed by atoms with Gasteiger partial charge in [-0.3, -0.25) is 0 Å². The Morgan fingerprint density at radius 3 is 3.06 bits per heavy atom. The Morgan fingerprint density at radius 2 is 2.25 bits per heavy atom. The minimum atomic E-state index is 0.923. The molecule has 0 amide bonds. The van der Waals surface area contributed by atoms with Gasteiger partial charge in [-0.2, -0.15) is 0 Å². The molecule has 0 saturated heterocycles. The molecule has 0 fully saturated rings. The summed E-state index contributed by atoms with van der Waals surface area (Å²) in [5.41, 5.74) is 5.16. The average Bonchev–Trinajstić information content (AvgIpc) is 2.96. The van der Waals surface area contributed by atoms with Crippen LogP contribution < -0.4 is 0 Å². The number of thiazole rings is 1. The molecule has 1 aromatic carbocycles. The molecule has 2 aromatic heterocycles. The summed E-state index contributed by atoms with van der Waals surface area (Å²) in [5.74, 6) is 0.923. The number of imidazole rings is 1. The van der Waals surface area contributed by atoms with Crippen molar-refractivity contribution >= 4 is 21.6 Å². The Labute approximate surface area is 97.2 Å². The van der Waals surface area contributed by atoms with Crippen LogP contribution in [0.5, 0.6) is 0 Å². The number of hydrogen-bond donors (Lipinski definition) is 1. The Morgan fingerprint density at radius 1 is 1.31 bits per heavy atom. The molecule has 4 heteroatoms. The summed E-state index contributed by atoms with van der Waals surface area (Å²) in [7, 11) is 0. The second-order valence-electron chi connectivity index (χ2n) is 3.65. The summed E-state index contributed by atoms with van der Waals surface area (Å²) >= 11 is 1.66. The molecule has 16 heavy (non-hydrogen) atoms. The third kappa shape index (κ3) is 1.51. The molecule has 0 aliphatic heterocycles. The van der Waals surface area contributed by atoms with E-state index in [0.29, 0.717) is 0 Å². The van der Waals surface area contributed by atoms with Crippen LogP contribution in [0, 0.1) is 0 Å². The number of nitrogens with one attached hydrogen (secondary N) is 1. The van der Waals surface area contributed by atoms with Gasteiger partial charge >= 0.3 is 0 Å². The maximum Gasteiger partial charge on any atom is 0.137 e. The molecule has 0 saturated carbocycles. The highest BCUT2D eigenvalue weighted by Gasteiger charge is 2.04. The second-order valence-corrected chi connectivity index (χ2v) is 4.53. The zero-order valence-electron chi connectivity index (χ0n) is 8.90. The number of aromatic nitrogens is 3. The zero-order valence-corrected chi connectivity index (χ0v) is 9.71. The van der Waals surface area contributed by atoms with Crippen molar-refractivity contribution in [3.63, 3.8) is 0 Å². The topological polar surface area (TPSA) is 41.6 Å². The van der Waals surface area contributed by atoms with Crippen LogP contribution in [-0.4, -0.2) is 15.0 Å². The smallest absolute Gasteiger partial charge is 0.137 e. The van der Waals surface area contributed by atoms with Crippen LogP contribution in [0.25, 0.3) is 21.6 Å². The maximum atomic E-state index is 4.37. The van der Waals surface area contributed by atoms with Gasteiger partial charge in [0.15, 0.2) is 0 Å². The van der Waals surface area contributed by atoms with Gasteiger partial charge in [-0.1, -0.05) is 6.92 Å². The number of nitrogens with zero attached hydrogens (tertiary/aromatic N) is 2. The molecule has 2 heterocycles. The molecule has 0 radical (unpaired) electrons. The predicted octanol–water partition coefficient (Wildman–Crippen LogP) is 3.25. The fourth-order valence-corrected chi connectivity index (χ4v) is 2.35. The van der Waals surface area contributed by atoms with E-state index in [1.165, 1.54) is 4.70 Å². The normalized spacial score (nSPS) is 11.1. The lowest BCUT2D eigenvalue weighted by molar-refractivity contribution is 1.07. The van der Waals surface area contributed by atoms with Crippen LogP contribution in [0.1, 0.15) is 12.6 Å². The molecule has 3 rings (SSSR count). The second kappa shape index (κ2) is 3.72. The van der Waals surface area contributed by atoms with Crippen LogP contribution in [0.15, 0.2) is 29.9 Å². The average molecular weight is 229 g/mol. The number of hydrogen-bond acceptors (Lipinski definition) is 3. The van der Waals surface area contributed by atoms with Gasteiger partial charge in [-0.25, -0.2) is 9.97 Å². The summed E-state index contributed by atoms with van der Waals surface area (Å²) in [5, 5.41) is 0. The van der Waals surface area contributed by atoms with Crippen molar-refractivity contribution in [1.29, 1.82) is 0 Å². The molecular formula is C12H11N3S. The van der Waals surface area contributed by atoms with Gasteiger partial charge in [0, 0.05) is 17.5 Å². The predicted molar refractivity (Wildman–Crippen MR) is 66.6 cm³/mol. The lowest BCUT2D eigenvalue weighted by Gasteiger charge is -1.96. The van der Waals surface area contributed by atoms with Crippen molar-refractivity contribution in [1.82, 2.24) is 15.0 Å². The van der Waals surface area contributed by atoms with Gasteiger partial charge in [-0.15, -0.1) is 11.3 Å². The molecule has 0 aliphatic carbocycles. The fraction of sp³-hybridized carbons (Fsp3) is 0.167. The Bertz CT molecular complexity index is 624. The largest absolute Gasteiger partial charge is 0.342 e. The van der Waals surface area contributed by atoms with Gasteiger partial charge in [0.1, 0.15) is 5.82 Å². The first kappa shape index (κ1) is 9.54. The molecule has 0 bridgehead atoms. The number of rotatable bonds is 2. The quantitative estimate of drug-likeness (QED) is 0.733. The first-order valence-corrected chi connectivity index (χ1v) is 6.12. The molecule has 0 spiro atoms. The van der Waals surface area contributed by atoms with Crippen LogP contribution in [0.4, 0.5) is 0 Å². The van der Waals surface area contributed by atoms with Gasteiger partial charge in [0.05, 0.1) is 15.7 Å². The van der Waals surface area contributed by atoms with E-state index in [-0.39, 0.29) is 0 Å². The van der Waals surface area contributed by atoms with Crippen LogP contribution in [-0.2, 0) is 6.42 Å². The first-order chi connectivity index (χ1) is 7.86. The molecule has 0 aliphatic rings. The molecule has 3 nitrogen and oxygen atoms in total.